The molecule has 1 atom stereocenters. The van der Waals surface area contributed by atoms with Crippen LogP contribution in [0.1, 0.15) is 33.3 Å². The zero-order chi connectivity index (χ0) is 23.2. The first kappa shape index (κ1) is 23.7. The van der Waals surface area contributed by atoms with E-state index in [9.17, 15) is 19.7 Å². The fourth-order valence-electron chi connectivity index (χ4n) is 2.62. The number of hydrogen-bond donors (Lipinski definition) is 1. The summed E-state index contributed by atoms with van der Waals surface area (Å²) in [6.45, 7) is 7.30. The molecule has 0 heterocycles. The molecule has 0 aliphatic carbocycles. The van der Waals surface area contributed by atoms with E-state index in [-0.39, 0.29) is 29.1 Å². The van der Waals surface area contributed by atoms with E-state index in [1.807, 2.05) is 12.1 Å². The van der Waals surface area contributed by atoms with Crippen molar-refractivity contribution in [3.05, 3.63) is 58.1 Å². The third-order valence-corrected chi connectivity index (χ3v) is 4.41. The fourth-order valence-corrected chi connectivity index (χ4v) is 2.62. The van der Waals surface area contributed by atoms with Gasteiger partial charge in [0.2, 0.25) is 0 Å². The van der Waals surface area contributed by atoms with Crippen molar-refractivity contribution in [2.24, 2.45) is 0 Å². The Hall–Kier alpha value is -3.62. The molecule has 0 aliphatic heterocycles. The number of esters is 1. The largest absolute Gasteiger partial charge is 0.495 e. The summed E-state index contributed by atoms with van der Waals surface area (Å²) in [5.74, 6) is -0.655. The summed E-state index contributed by atoms with van der Waals surface area (Å²) in [6, 6.07) is 11.1. The van der Waals surface area contributed by atoms with Gasteiger partial charge in [0.1, 0.15) is 11.5 Å². The summed E-state index contributed by atoms with van der Waals surface area (Å²) < 4.78 is 15.6. The van der Waals surface area contributed by atoms with Crippen molar-refractivity contribution in [1.82, 2.24) is 0 Å². The molecule has 31 heavy (non-hydrogen) atoms. The van der Waals surface area contributed by atoms with E-state index in [4.69, 9.17) is 14.2 Å². The van der Waals surface area contributed by atoms with Crippen LogP contribution in [0.2, 0.25) is 0 Å². The standard InChI is InChI=1S/C22H26N2O7/c1-14(21(26)23-18-12-16(24(27)28)8-11-19(18)29-5)31-20(25)13-30-17-9-6-15(7-10-17)22(2,3)4/h6-12,14H,13H2,1-5H3,(H,23,26). The van der Waals surface area contributed by atoms with Gasteiger partial charge in [0, 0.05) is 12.1 Å². The summed E-state index contributed by atoms with van der Waals surface area (Å²) in [7, 11) is 1.37. The quantitative estimate of drug-likeness (QED) is 0.384. The second-order valence-corrected chi connectivity index (χ2v) is 7.83. The van der Waals surface area contributed by atoms with Gasteiger partial charge in [-0.15, -0.1) is 0 Å². The van der Waals surface area contributed by atoms with E-state index in [0.29, 0.717) is 5.75 Å². The highest BCUT2D eigenvalue weighted by atomic mass is 16.6. The molecule has 166 valence electrons. The number of nitrogens with zero attached hydrogens (tertiary/aromatic N) is 1. The summed E-state index contributed by atoms with van der Waals surface area (Å²) in [5.41, 5.74) is 1.01. The lowest BCUT2D eigenvalue weighted by Crippen LogP contribution is -2.31. The van der Waals surface area contributed by atoms with Crippen molar-refractivity contribution >= 4 is 23.3 Å². The van der Waals surface area contributed by atoms with Crippen molar-refractivity contribution in [2.75, 3.05) is 19.0 Å². The SMILES string of the molecule is COc1ccc([N+](=O)[O-])cc1NC(=O)C(C)OC(=O)COc1ccc(C(C)(C)C)cc1. The molecule has 0 radical (unpaired) electrons. The van der Waals surface area contributed by atoms with E-state index in [0.717, 1.165) is 11.6 Å². The Kier molecular flexibility index (Phi) is 7.57. The Morgan fingerprint density at radius 1 is 1.13 bits per heavy atom. The highest BCUT2D eigenvalue weighted by molar-refractivity contribution is 5.96. The minimum Gasteiger partial charge on any atom is -0.495 e. The first-order valence-electron chi connectivity index (χ1n) is 9.57. The van der Waals surface area contributed by atoms with Crippen LogP contribution in [0.5, 0.6) is 11.5 Å². The third-order valence-electron chi connectivity index (χ3n) is 4.41. The number of rotatable bonds is 8. The Morgan fingerprint density at radius 3 is 2.32 bits per heavy atom. The topological polar surface area (TPSA) is 117 Å². The van der Waals surface area contributed by atoms with E-state index in [1.54, 1.807) is 12.1 Å². The summed E-state index contributed by atoms with van der Waals surface area (Å²) >= 11 is 0. The lowest BCUT2D eigenvalue weighted by Gasteiger charge is -2.19. The lowest BCUT2D eigenvalue weighted by atomic mass is 9.87. The monoisotopic (exact) mass is 430 g/mol. The van der Waals surface area contributed by atoms with Gasteiger partial charge < -0.3 is 19.5 Å². The number of nitro groups is 1. The van der Waals surface area contributed by atoms with E-state index >= 15 is 0 Å². The van der Waals surface area contributed by atoms with Crippen LogP contribution in [-0.4, -0.2) is 36.6 Å². The van der Waals surface area contributed by atoms with Gasteiger partial charge in [0.05, 0.1) is 17.7 Å². The summed E-state index contributed by atoms with van der Waals surface area (Å²) in [6.07, 6.45) is -1.15. The van der Waals surface area contributed by atoms with Crippen LogP contribution in [0, 0.1) is 10.1 Å². The van der Waals surface area contributed by atoms with Gasteiger partial charge in [-0.3, -0.25) is 14.9 Å². The highest BCUT2D eigenvalue weighted by Crippen LogP contribution is 2.29. The number of benzene rings is 2. The zero-order valence-electron chi connectivity index (χ0n) is 18.1. The molecule has 9 nitrogen and oxygen atoms in total. The fraction of sp³-hybridized carbons (Fsp3) is 0.364. The van der Waals surface area contributed by atoms with Crippen molar-refractivity contribution < 1.29 is 28.7 Å². The Morgan fingerprint density at radius 2 is 1.77 bits per heavy atom. The zero-order valence-corrected chi connectivity index (χ0v) is 18.1. The number of carbonyl (C=O) groups excluding carboxylic acids is 2. The summed E-state index contributed by atoms with van der Waals surface area (Å²) in [4.78, 5) is 34.7. The molecule has 0 aliphatic rings. The Bertz CT molecular complexity index is 949. The maximum atomic E-state index is 12.3. The number of non-ortho nitro benzene ring substituents is 1. The normalized spacial score (nSPS) is 11.9. The van der Waals surface area contributed by atoms with Crippen molar-refractivity contribution in [2.45, 2.75) is 39.2 Å². The Labute approximate surface area is 180 Å². The van der Waals surface area contributed by atoms with Gasteiger partial charge in [0.25, 0.3) is 11.6 Å². The highest BCUT2D eigenvalue weighted by Gasteiger charge is 2.21. The molecule has 9 heteroatoms. The van der Waals surface area contributed by atoms with Crippen molar-refractivity contribution in [3.8, 4) is 11.5 Å². The molecule has 0 bridgehead atoms. The number of nitrogens with one attached hydrogen (secondary N) is 1. The minimum atomic E-state index is -1.15. The molecule has 1 unspecified atom stereocenters. The number of amides is 1. The van der Waals surface area contributed by atoms with Crippen LogP contribution >= 0.6 is 0 Å². The number of ether oxygens (including phenoxy) is 3. The second-order valence-electron chi connectivity index (χ2n) is 7.83. The van der Waals surface area contributed by atoms with Crippen LogP contribution in [0.4, 0.5) is 11.4 Å². The summed E-state index contributed by atoms with van der Waals surface area (Å²) in [5, 5.41) is 13.4. The van der Waals surface area contributed by atoms with Crippen molar-refractivity contribution in [3.63, 3.8) is 0 Å². The third kappa shape index (κ3) is 6.70. The maximum Gasteiger partial charge on any atom is 0.344 e. The maximum absolute atomic E-state index is 12.3. The first-order chi connectivity index (χ1) is 14.5. The molecule has 0 saturated carbocycles. The molecule has 2 aromatic rings. The van der Waals surface area contributed by atoms with E-state index in [1.165, 1.54) is 26.2 Å². The smallest absolute Gasteiger partial charge is 0.344 e. The van der Waals surface area contributed by atoms with Gasteiger partial charge in [-0.05, 0) is 36.1 Å². The predicted molar refractivity (Wildman–Crippen MR) is 114 cm³/mol. The van der Waals surface area contributed by atoms with Crippen LogP contribution < -0.4 is 14.8 Å². The Balaban J connectivity index is 1.92. The van der Waals surface area contributed by atoms with Crippen LogP contribution in [0.15, 0.2) is 42.5 Å². The molecule has 0 spiro atoms. The van der Waals surface area contributed by atoms with Gasteiger partial charge in [-0.25, -0.2) is 4.79 Å². The lowest BCUT2D eigenvalue weighted by molar-refractivity contribution is -0.384. The molecule has 0 fully saturated rings. The molecule has 0 aromatic heterocycles. The molecule has 1 amide bonds. The minimum absolute atomic E-state index is 0.00210. The second kappa shape index (κ2) is 9.92. The van der Waals surface area contributed by atoms with Crippen LogP contribution in [0.25, 0.3) is 0 Å². The molecule has 2 aromatic carbocycles. The molecule has 0 saturated heterocycles. The van der Waals surface area contributed by atoms with Crippen molar-refractivity contribution in [1.29, 1.82) is 0 Å². The van der Waals surface area contributed by atoms with Gasteiger partial charge in [-0.1, -0.05) is 32.9 Å². The predicted octanol–water partition coefficient (Wildman–Crippen LogP) is 3.85. The number of carbonyl (C=O) groups is 2. The number of nitro benzene ring substituents is 1. The average molecular weight is 430 g/mol. The molecule has 1 N–H and O–H groups in total. The number of anilines is 1. The molecular weight excluding hydrogens is 404 g/mol. The average Bonchev–Trinajstić information content (AvgIpc) is 2.71. The van der Waals surface area contributed by atoms with Crippen LogP contribution in [-0.2, 0) is 19.7 Å². The van der Waals surface area contributed by atoms with Gasteiger partial charge in [0.15, 0.2) is 12.7 Å². The number of hydrogen-bond acceptors (Lipinski definition) is 7. The van der Waals surface area contributed by atoms with Crippen LogP contribution in [0.3, 0.4) is 0 Å². The number of methoxy groups -OCH3 is 1. The van der Waals surface area contributed by atoms with E-state index < -0.39 is 22.9 Å². The first-order valence-corrected chi connectivity index (χ1v) is 9.57. The van der Waals surface area contributed by atoms with Gasteiger partial charge >= 0.3 is 5.97 Å². The van der Waals surface area contributed by atoms with Gasteiger partial charge in [-0.2, -0.15) is 0 Å². The molecule has 2 rings (SSSR count). The van der Waals surface area contributed by atoms with E-state index in [2.05, 4.69) is 26.1 Å². The molecular formula is C22H26N2O7.